The summed E-state index contributed by atoms with van der Waals surface area (Å²) in [6.45, 7) is 14.5. The van der Waals surface area contributed by atoms with Crippen LogP contribution in [0.25, 0.3) is 0 Å². The van der Waals surface area contributed by atoms with Gasteiger partial charge in [-0.2, -0.15) is 0 Å². The molecule has 32 heavy (non-hydrogen) atoms. The molecule has 0 fully saturated rings. The highest BCUT2D eigenvalue weighted by Crippen LogP contribution is 2.24. The summed E-state index contributed by atoms with van der Waals surface area (Å²) in [7, 11) is 0. The normalized spacial score (nSPS) is 12.4. The highest BCUT2D eigenvalue weighted by atomic mass is 16.5. The van der Waals surface area contributed by atoms with E-state index in [1.54, 1.807) is 4.90 Å². The molecule has 174 valence electrons. The molecule has 0 aromatic heterocycles. The van der Waals surface area contributed by atoms with E-state index in [1.165, 1.54) is 5.56 Å². The Morgan fingerprint density at radius 3 is 2.19 bits per heavy atom. The minimum absolute atomic E-state index is 0.00421. The third kappa shape index (κ3) is 7.11. The molecule has 1 atom stereocenters. The lowest BCUT2D eigenvalue weighted by atomic mass is 9.87. The summed E-state index contributed by atoms with van der Waals surface area (Å²) in [5.41, 5.74) is 3.36. The third-order valence-electron chi connectivity index (χ3n) is 5.50. The van der Waals surface area contributed by atoms with Gasteiger partial charge in [0.1, 0.15) is 11.8 Å². The Balaban J connectivity index is 2.20. The Kier molecular flexibility index (Phi) is 8.88. The van der Waals surface area contributed by atoms with Crippen LogP contribution in [-0.2, 0) is 21.5 Å². The predicted octanol–water partition coefficient (Wildman–Crippen LogP) is 5.00. The fourth-order valence-corrected chi connectivity index (χ4v) is 3.55. The van der Waals surface area contributed by atoms with E-state index in [0.717, 1.165) is 11.1 Å². The highest BCUT2D eigenvalue weighted by molar-refractivity contribution is 5.88. The van der Waals surface area contributed by atoms with Crippen LogP contribution in [0.2, 0.25) is 0 Å². The van der Waals surface area contributed by atoms with Gasteiger partial charge in [0.25, 0.3) is 5.91 Å². The van der Waals surface area contributed by atoms with E-state index in [9.17, 15) is 9.59 Å². The lowest BCUT2D eigenvalue weighted by Gasteiger charge is -2.31. The maximum absolute atomic E-state index is 13.3. The van der Waals surface area contributed by atoms with E-state index in [1.807, 2.05) is 76.2 Å². The fourth-order valence-electron chi connectivity index (χ4n) is 3.55. The minimum Gasteiger partial charge on any atom is -0.484 e. The first-order chi connectivity index (χ1) is 15.0. The van der Waals surface area contributed by atoms with E-state index in [2.05, 4.69) is 26.1 Å². The Bertz CT molecular complexity index is 898. The van der Waals surface area contributed by atoms with Crippen LogP contribution in [0.4, 0.5) is 0 Å². The van der Waals surface area contributed by atoms with Gasteiger partial charge in [-0.1, -0.05) is 64.1 Å². The Morgan fingerprint density at radius 2 is 1.66 bits per heavy atom. The molecule has 2 amide bonds. The summed E-state index contributed by atoms with van der Waals surface area (Å²) in [6, 6.07) is 15.2. The second kappa shape index (κ2) is 11.2. The van der Waals surface area contributed by atoms with Crippen LogP contribution in [0.3, 0.4) is 0 Å². The monoisotopic (exact) mass is 438 g/mol. The van der Waals surface area contributed by atoms with E-state index < -0.39 is 6.04 Å². The lowest BCUT2D eigenvalue weighted by Crippen LogP contribution is -2.51. The number of nitrogens with zero attached hydrogens (tertiary/aromatic N) is 1. The number of carbonyl (C=O) groups is 2. The number of benzene rings is 2. The van der Waals surface area contributed by atoms with E-state index in [0.29, 0.717) is 18.7 Å². The van der Waals surface area contributed by atoms with Crippen molar-refractivity contribution in [3.63, 3.8) is 0 Å². The fraction of sp³-hybridized carbons (Fsp3) is 0.481. The third-order valence-corrected chi connectivity index (χ3v) is 5.50. The quantitative estimate of drug-likeness (QED) is 0.599. The maximum atomic E-state index is 13.3. The van der Waals surface area contributed by atoms with Crippen LogP contribution in [0.1, 0.15) is 64.7 Å². The van der Waals surface area contributed by atoms with Crippen molar-refractivity contribution >= 4 is 11.8 Å². The van der Waals surface area contributed by atoms with Crippen LogP contribution < -0.4 is 10.1 Å². The van der Waals surface area contributed by atoms with E-state index >= 15 is 0 Å². The van der Waals surface area contributed by atoms with Gasteiger partial charge in [-0.15, -0.1) is 0 Å². The zero-order chi connectivity index (χ0) is 23.9. The van der Waals surface area contributed by atoms with Crippen molar-refractivity contribution in [2.75, 3.05) is 6.61 Å². The summed E-state index contributed by atoms with van der Waals surface area (Å²) < 4.78 is 5.82. The average molecular weight is 439 g/mol. The van der Waals surface area contributed by atoms with Gasteiger partial charge in [0.15, 0.2) is 6.61 Å². The lowest BCUT2D eigenvalue weighted by molar-refractivity contribution is -0.143. The van der Waals surface area contributed by atoms with Crippen molar-refractivity contribution in [2.24, 2.45) is 0 Å². The smallest absolute Gasteiger partial charge is 0.261 e. The van der Waals surface area contributed by atoms with Gasteiger partial charge >= 0.3 is 0 Å². The Morgan fingerprint density at radius 1 is 1.03 bits per heavy atom. The minimum atomic E-state index is -0.559. The number of hydrogen-bond donors (Lipinski definition) is 1. The van der Waals surface area contributed by atoms with Crippen LogP contribution in [-0.4, -0.2) is 35.4 Å². The summed E-state index contributed by atoms with van der Waals surface area (Å²) in [5.74, 6) is 0.291. The second-order valence-corrected chi connectivity index (χ2v) is 9.60. The first kappa shape index (κ1) is 25.4. The zero-order valence-corrected chi connectivity index (χ0v) is 20.6. The van der Waals surface area contributed by atoms with E-state index in [-0.39, 0.29) is 29.9 Å². The molecule has 0 aliphatic heterocycles. The molecule has 2 rings (SSSR count). The molecule has 0 unspecified atom stereocenters. The molecule has 5 heteroatoms. The van der Waals surface area contributed by atoms with Gasteiger partial charge in [0.2, 0.25) is 5.91 Å². The SMILES string of the molecule is CC[C@H](C(=O)NC(C)C)N(Cc1ccccc1C)C(=O)COc1ccc(C(C)(C)C)cc1. The van der Waals surface area contributed by atoms with Crippen LogP contribution in [0.15, 0.2) is 48.5 Å². The largest absolute Gasteiger partial charge is 0.484 e. The number of nitrogens with one attached hydrogen (secondary N) is 1. The summed E-state index contributed by atoms with van der Waals surface area (Å²) in [5, 5.41) is 2.95. The molecule has 1 N–H and O–H groups in total. The topological polar surface area (TPSA) is 58.6 Å². The molecule has 2 aromatic carbocycles. The molecule has 0 spiro atoms. The van der Waals surface area contributed by atoms with Gasteiger partial charge in [0, 0.05) is 12.6 Å². The van der Waals surface area contributed by atoms with Crippen molar-refractivity contribution in [1.82, 2.24) is 10.2 Å². The van der Waals surface area contributed by atoms with Crippen molar-refractivity contribution in [1.29, 1.82) is 0 Å². The number of ether oxygens (including phenoxy) is 1. The van der Waals surface area contributed by atoms with Crippen molar-refractivity contribution in [2.45, 2.75) is 78.9 Å². The van der Waals surface area contributed by atoms with Crippen LogP contribution in [0.5, 0.6) is 5.75 Å². The molecule has 0 saturated heterocycles. The Hall–Kier alpha value is -2.82. The van der Waals surface area contributed by atoms with Gasteiger partial charge in [-0.05, 0) is 61.4 Å². The van der Waals surface area contributed by atoms with Crippen molar-refractivity contribution < 1.29 is 14.3 Å². The van der Waals surface area contributed by atoms with E-state index in [4.69, 9.17) is 4.74 Å². The molecule has 0 aliphatic rings. The molecule has 0 bridgehead atoms. The van der Waals surface area contributed by atoms with Gasteiger partial charge < -0.3 is 15.0 Å². The summed E-state index contributed by atoms with van der Waals surface area (Å²) in [6.07, 6.45) is 0.524. The van der Waals surface area contributed by atoms with Crippen LogP contribution >= 0.6 is 0 Å². The van der Waals surface area contributed by atoms with Crippen LogP contribution in [0, 0.1) is 6.92 Å². The maximum Gasteiger partial charge on any atom is 0.261 e. The van der Waals surface area contributed by atoms with Gasteiger partial charge in [0.05, 0.1) is 0 Å². The van der Waals surface area contributed by atoms with Gasteiger partial charge in [-0.25, -0.2) is 0 Å². The first-order valence-electron chi connectivity index (χ1n) is 11.4. The highest BCUT2D eigenvalue weighted by Gasteiger charge is 2.29. The number of rotatable bonds is 9. The number of hydrogen-bond acceptors (Lipinski definition) is 3. The molecule has 0 saturated carbocycles. The summed E-state index contributed by atoms with van der Waals surface area (Å²) in [4.78, 5) is 27.8. The average Bonchev–Trinajstić information content (AvgIpc) is 2.72. The van der Waals surface area contributed by atoms with Crippen molar-refractivity contribution in [3.8, 4) is 5.75 Å². The number of carbonyl (C=O) groups excluding carboxylic acids is 2. The molecule has 0 aliphatic carbocycles. The standard InChI is InChI=1S/C27H38N2O3/c1-8-24(26(31)28-19(2)3)29(17-21-12-10-9-11-20(21)4)25(30)18-32-23-15-13-22(14-16-23)27(5,6)7/h9-16,19,24H,8,17-18H2,1-7H3,(H,28,31)/t24-/m1/s1. The molecule has 0 heterocycles. The molecule has 2 aromatic rings. The predicted molar refractivity (Wildman–Crippen MR) is 130 cm³/mol. The number of aryl methyl sites for hydroxylation is 1. The molecule has 0 radical (unpaired) electrons. The first-order valence-corrected chi connectivity index (χ1v) is 11.4. The summed E-state index contributed by atoms with van der Waals surface area (Å²) >= 11 is 0. The zero-order valence-electron chi connectivity index (χ0n) is 20.6. The second-order valence-electron chi connectivity index (χ2n) is 9.60. The molecular weight excluding hydrogens is 400 g/mol. The molecule has 5 nitrogen and oxygen atoms in total. The number of amides is 2. The molecular formula is C27H38N2O3. The Labute approximate surface area is 193 Å². The van der Waals surface area contributed by atoms with Crippen molar-refractivity contribution in [3.05, 3.63) is 65.2 Å². The van der Waals surface area contributed by atoms with Gasteiger partial charge in [-0.3, -0.25) is 9.59 Å².